The molecular weight excluding hydrogens is 272 g/mol. The molecule has 1 aromatic heterocycles. The lowest BCUT2D eigenvalue weighted by atomic mass is 10.1. The van der Waals surface area contributed by atoms with E-state index >= 15 is 0 Å². The number of pyridine rings is 1. The first-order valence-corrected chi connectivity index (χ1v) is 8.09. The predicted molar refractivity (Wildman–Crippen MR) is 87.7 cm³/mol. The van der Waals surface area contributed by atoms with Crippen LogP contribution in [-0.2, 0) is 6.42 Å². The molecule has 1 aromatic carbocycles. The van der Waals surface area contributed by atoms with Gasteiger partial charge in [-0.25, -0.2) is 0 Å². The molecule has 1 amide bonds. The third kappa shape index (κ3) is 3.53. The van der Waals surface area contributed by atoms with E-state index in [-0.39, 0.29) is 5.91 Å². The Morgan fingerprint density at radius 3 is 2.41 bits per heavy atom. The summed E-state index contributed by atoms with van der Waals surface area (Å²) < 4.78 is 0. The number of benzene rings is 1. The molecule has 0 saturated heterocycles. The molecule has 1 fully saturated rings. The molecule has 0 aliphatic heterocycles. The van der Waals surface area contributed by atoms with E-state index in [0.29, 0.717) is 6.04 Å². The molecule has 3 nitrogen and oxygen atoms in total. The van der Waals surface area contributed by atoms with E-state index in [1.807, 2.05) is 18.2 Å². The normalized spacial score (nSPS) is 14.9. The molecular formula is C19H22N2O. The number of rotatable bonds is 5. The molecule has 1 heterocycles. The molecule has 22 heavy (non-hydrogen) atoms. The maximum absolute atomic E-state index is 12.9. The summed E-state index contributed by atoms with van der Waals surface area (Å²) in [6, 6.07) is 14.4. The highest BCUT2D eigenvalue weighted by Crippen LogP contribution is 2.25. The van der Waals surface area contributed by atoms with Crippen molar-refractivity contribution in [3.05, 3.63) is 66.0 Å². The molecule has 0 radical (unpaired) electrons. The topological polar surface area (TPSA) is 33.2 Å². The Hall–Kier alpha value is -2.16. The number of hydrogen-bond donors (Lipinski definition) is 0. The van der Waals surface area contributed by atoms with Crippen LogP contribution in [0.3, 0.4) is 0 Å². The quantitative estimate of drug-likeness (QED) is 0.842. The summed E-state index contributed by atoms with van der Waals surface area (Å²) in [5.74, 6) is 0.144. The van der Waals surface area contributed by atoms with Gasteiger partial charge in [-0.05, 0) is 37.0 Å². The molecule has 1 saturated carbocycles. The number of hydrogen-bond acceptors (Lipinski definition) is 2. The van der Waals surface area contributed by atoms with Gasteiger partial charge in [0.15, 0.2) is 0 Å². The average Bonchev–Trinajstić information content (AvgIpc) is 3.11. The van der Waals surface area contributed by atoms with Gasteiger partial charge in [-0.2, -0.15) is 0 Å². The lowest BCUT2D eigenvalue weighted by Gasteiger charge is -2.29. The summed E-state index contributed by atoms with van der Waals surface area (Å²) in [5.41, 5.74) is 2.03. The lowest BCUT2D eigenvalue weighted by Crippen LogP contribution is -2.40. The number of nitrogens with zero attached hydrogens (tertiary/aromatic N) is 2. The standard InChI is InChI=1S/C19H22N2O/c22-19(17-10-13-20-14-11-17)21(18-8-4-5-9-18)15-12-16-6-2-1-3-7-16/h1-3,6-7,10-11,13-14,18H,4-5,8-9,12,15H2. The van der Waals surface area contributed by atoms with Crippen molar-refractivity contribution in [2.24, 2.45) is 0 Å². The Kier molecular flexibility index (Phi) is 4.84. The fourth-order valence-corrected chi connectivity index (χ4v) is 3.22. The van der Waals surface area contributed by atoms with Crippen molar-refractivity contribution >= 4 is 5.91 Å². The van der Waals surface area contributed by atoms with E-state index in [0.717, 1.165) is 31.4 Å². The van der Waals surface area contributed by atoms with Gasteiger partial charge in [0, 0.05) is 30.5 Å². The van der Waals surface area contributed by atoms with Gasteiger partial charge in [-0.3, -0.25) is 9.78 Å². The van der Waals surface area contributed by atoms with Crippen LogP contribution in [0, 0.1) is 0 Å². The third-order valence-corrected chi connectivity index (χ3v) is 4.44. The Balaban J connectivity index is 1.73. The molecule has 1 aliphatic rings. The van der Waals surface area contributed by atoms with Crippen LogP contribution in [0.1, 0.15) is 41.6 Å². The van der Waals surface area contributed by atoms with Crippen molar-refractivity contribution in [1.29, 1.82) is 0 Å². The highest BCUT2D eigenvalue weighted by atomic mass is 16.2. The smallest absolute Gasteiger partial charge is 0.254 e. The van der Waals surface area contributed by atoms with E-state index in [4.69, 9.17) is 0 Å². The minimum Gasteiger partial charge on any atom is -0.335 e. The third-order valence-electron chi connectivity index (χ3n) is 4.44. The first-order valence-electron chi connectivity index (χ1n) is 8.09. The fourth-order valence-electron chi connectivity index (χ4n) is 3.22. The van der Waals surface area contributed by atoms with E-state index in [1.165, 1.54) is 18.4 Å². The van der Waals surface area contributed by atoms with Crippen molar-refractivity contribution in [2.75, 3.05) is 6.54 Å². The molecule has 0 spiro atoms. The second-order valence-corrected chi connectivity index (χ2v) is 5.91. The highest BCUT2D eigenvalue weighted by molar-refractivity contribution is 5.94. The molecule has 0 N–H and O–H groups in total. The summed E-state index contributed by atoms with van der Waals surface area (Å²) in [6.45, 7) is 0.788. The number of aromatic nitrogens is 1. The van der Waals surface area contributed by atoms with Crippen LogP contribution in [-0.4, -0.2) is 28.4 Å². The monoisotopic (exact) mass is 294 g/mol. The van der Waals surface area contributed by atoms with Crippen LogP contribution in [0.2, 0.25) is 0 Å². The average molecular weight is 294 g/mol. The van der Waals surface area contributed by atoms with Gasteiger partial charge in [0.1, 0.15) is 0 Å². The van der Waals surface area contributed by atoms with Crippen LogP contribution in [0.25, 0.3) is 0 Å². The summed E-state index contributed by atoms with van der Waals surface area (Å²) in [6.07, 6.45) is 9.02. The Morgan fingerprint density at radius 2 is 1.73 bits per heavy atom. The minimum absolute atomic E-state index is 0.144. The largest absolute Gasteiger partial charge is 0.335 e. The van der Waals surface area contributed by atoms with E-state index in [9.17, 15) is 4.79 Å². The second kappa shape index (κ2) is 7.21. The zero-order chi connectivity index (χ0) is 15.2. The van der Waals surface area contributed by atoms with Crippen molar-refractivity contribution in [1.82, 2.24) is 9.88 Å². The molecule has 1 aliphatic carbocycles. The molecule has 114 valence electrons. The molecule has 2 aromatic rings. The predicted octanol–water partition coefficient (Wildman–Crippen LogP) is 3.71. The lowest BCUT2D eigenvalue weighted by molar-refractivity contribution is 0.0684. The molecule has 0 bridgehead atoms. The summed E-state index contributed by atoms with van der Waals surface area (Å²) in [5, 5.41) is 0. The molecule has 3 rings (SSSR count). The van der Waals surface area contributed by atoms with E-state index in [1.54, 1.807) is 12.4 Å². The Morgan fingerprint density at radius 1 is 1.05 bits per heavy atom. The van der Waals surface area contributed by atoms with Gasteiger partial charge in [-0.1, -0.05) is 43.2 Å². The van der Waals surface area contributed by atoms with Crippen molar-refractivity contribution < 1.29 is 4.79 Å². The van der Waals surface area contributed by atoms with Crippen LogP contribution in [0.15, 0.2) is 54.9 Å². The van der Waals surface area contributed by atoms with E-state index < -0.39 is 0 Å². The van der Waals surface area contributed by atoms with Gasteiger partial charge >= 0.3 is 0 Å². The van der Waals surface area contributed by atoms with Gasteiger partial charge in [0.05, 0.1) is 0 Å². The van der Waals surface area contributed by atoms with Crippen LogP contribution < -0.4 is 0 Å². The first-order chi connectivity index (χ1) is 10.8. The summed E-state index contributed by atoms with van der Waals surface area (Å²) in [7, 11) is 0. The molecule has 3 heteroatoms. The maximum Gasteiger partial charge on any atom is 0.254 e. The summed E-state index contributed by atoms with van der Waals surface area (Å²) in [4.78, 5) is 18.9. The summed E-state index contributed by atoms with van der Waals surface area (Å²) >= 11 is 0. The maximum atomic E-state index is 12.9. The van der Waals surface area contributed by atoms with Gasteiger partial charge in [0.25, 0.3) is 5.91 Å². The fraction of sp³-hybridized carbons (Fsp3) is 0.368. The SMILES string of the molecule is O=C(c1ccncc1)N(CCc1ccccc1)C1CCCC1. The number of amides is 1. The Bertz CT molecular complexity index is 591. The van der Waals surface area contributed by atoms with Gasteiger partial charge in [-0.15, -0.1) is 0 Å². The zero-order valence-electron chi connectivity index (χ0n) is 12.8. The minimum atomic E-state index is 0.144. The number of carbonyl (C=O) groups is 1. The van der Waals surface area contributed by atoms with Crippen LogP contribution >= 0.6 is 0 Å². The van der Waals surface area contributed by atoms with E-state index in [2.05, 4.69) is 34.1 Å². The van der Waals surface area contributed by atoms with Crippen LogP contribution in [0.4, 0.5) is 0 Å². The molecule has 0 unspecified atom stereocenters. The number of carbonyl (C=O) groups excluding carboxylic acids is 1. The van der Waals surface area contributed by atoms with Crippen molar-refractivity contribution in [3.8, 4) is 0 Å². The van der Waals surface area contributed by atoms with Gasteiger partial charge < -0.3 is 4.90 Å². The molecule has 0 atom stereocenters. The van der Waals surface area contributed by atoms with Crippen LogP contribution in [0.5, 0.6) is 0 Å². The second-order valence-electron chi connectivity index (χ2n) is 5.91. The zero-order valence-corrected chi connectivity index (χ0v) is 12.8. The van der Waals surface area contributed by atoms with Crippen molar-refractivity contribution in [3.63, 3.8) is 0 Å². The van der Waals surface area contributed by atoms with Gasteiger partial charge in [0.2, 0.25) is 0 Å². The van der Waals surface area contributed by atoms with Crippen molar-refractivity contribution in [2.45, 2.75) is 38.1 Å². The first kappa shape index (κ1) is 14.8. The Labute approximate surface area is 132 Å². The highest BCUT2D eigenvalue weighted by Gasteiger charge is 2.27.